The zero-order valence-electron chi connectivity index (χ0n) is 59.8. The van der Waals surface area contributed by atoms with Crippen molar-refractivity contribution in [1.29, 1.82) is 0 Å². The number of halogens is 7. The first-order chi connectivity index (χ1) is 51.1. The van der Waals surface area contributed by atoms with Crippen molar-refractivity contribution in [1.82, 2.24) is 29.7 Å². The zero-order chi connectivity index (χ0) is 74.3. The number of amides is 3. The number of benzene rings is 6. The summed E-state index contributed by atoms with van der Waals surface area (Å²) in [6, 6.07) is 49.4. The number of hydrogen-bond donors (Lipinski definition) is 0. The first-order valence-corrected chi connectivity index (χ1v) is 37.1. The molecule has 0 aliphatic carbocycles. The van der Waals surface area contributed by atoms with Crippen LogP contribution >= 0.6 is 34.8 Å². The van der Waals surface area contributed by atoms with Gasteiger partial charge in [0.25, 0.3) is 17.7 Å². The van der Waals surface area contributed by atoms with Gasteiger partial charge in [-0.25, -0.2) is 19.3 Å². The lowest BCUT2D eigenvalue weighted by molar-refractivity contribution is -0.137. The van der Waals surface area contributed by atoms with Gasteiger partial charge in [-0.1, -0.05) is 167 Å². The molecule has 13 nitrogen and oxygen atoms in total. The summed E-state index contributed by atoms with van der Waals surface area (Å²) in [6.45, 7) is 16.2. The topological polar surface area (TPSA) is 119 Å². The van der Waals surface area contributed by atoms with Gasteiger partial charge in [-0.3, -0.25) is 29.1 Å². The number of anilines is 3. The number of hydrogen-bond acceptors (Lipinski definition) is 10. The summed E-state index contributed by atoms with van der Waals surface area (Å²) in [6.07, 6.45) is 18.3. The molecule has 3 amide bonds. The van der Waals surface area contributed by atoms with E-state index < -0.39 is 11.7 Å². The fraction of sp³-hybridized carbons (Fsp3) is 0.302. The van der Waals surface area contributed by atoms with Crippen LogP contribution in [0.2, 0.25) is 15.5 Å². The Morgan fingerprint density at radius 2 is 0.811 bits per heavy atom. The maximum absolute atomic E-state index is 13.9. The van der Waals surface area contributed by atoms with Gasteiger partial charge >= 0.3 is 6.18 Å². The first-order valence-electron chi connectivity index (χ1n) is 35.9. The quantitative estimate of drug-likeness (QED) is 0.0815. The van der Waals surface area contributed by atoms with E-state index in [2.05, 4.69) is 117 Å². The maximum Gasteiger partial charge on any atom is 0.416 e. The lowest BCUT2D eigenvalue weighted by atomic mass is 9.74. The molecule has 106 heavy (non-hydrogen) atoms. The number of alkyl halides is 3. The Balaban J connectivity index is 0.000000141. The molecule has 6 aromatic carbocycles. The van der Waals surface area contributed by atoms with E-state index in [1.165, 1.54) is 57.1 Å². The molecule has 0 atom stereocenters. The molecule has 15 rings (SSSR count). The average Bonchev–Trinajstić information content (AvgIpc) is 1.60. The van der Waals surface area contributed by atoms with Crippen molar-refractivity contribution in [3.8, 4) is 5.75 Å². The molecule has 6 aliphatic rings. The minimum absolute atomic E-state index is 0.0403. The minimum atomic E-state index is -4.32. The predicted molar refractivity (Wildman–Crippen MR) is 416 cm³/mol. The number of likely N-dealkylation sites (tertiary alicyclic amines) is 3. The van der Waals surface area contributed by atoms with Gasteiger partial charge in [0.1, 0.15) is 27.0 Å². The SMILES string of the molecule is COc1ccc2c(c1)C1(CCN(C/C=C/c3ccc(C)cc3)CC1)CN2C(=O)c1ccnc(Cl)c1.Cc1ccc2c(c1)C1(CCN(C/C=C/c3ccc(C(F)(F)F)cc3)CC1)CN2C(=O)c1ccnc(Cl)c1.Cc1ccc2c(c1)C1(CCN(C/C=C/c3ccccc3F)CC1)CN2C(=O)c1ccnc(Cl)c1. The van der Waals surface area contributed by atoms with Gasteiger partial charge in [0.2, 0.25) is 0 Å². The number of methoxy groups -OCH3 is 1. The molecule has 3 aromatic heterocycles. The van der Waals surface area contributed by atoms with Crippen molar-refractivity contribution in [3.63, 3.8) is 0 Å². The number of aromatic nitrogens is 3. The highest BCUT2D eigenvalue weighted by atomic mass is 35.5. The summed E-state index contributed by atoms with van der Waals surface area (Å²) in [7, 11) is 1.69. The van der Waals surface area contributed by atoms with Crippen LogP contribution in [0, 0.1) is 26.6 Å². The summed E-state index contributed by atoms with van der Waals surface area (Å²) in [4.78, 5) is 65.3. The maximum atomic E-state index is 13.9. The van der Waals surface area contributed by atoms with Crippen molar-refractivity contribution in [2.75, 3.05) is 100 Å². The Labute approximate surface area is 632 Å². The van der Waals surface area contributed by atoms with Crippen molar-refractivity contribution < 1.29 is 36.7 Å². The molecule has 0 bridgehead atoms. The molecule has 546 valence electrons. The third kappa shape index (κ3) is 16.9. The van der Waals surface area contributed by atoms with Crippen LogP contribution in [0.5, 0.6) is 5.75 Å². The second-order valence-corrected chi connectivity index (χ2v) is 29.9. The number of aryl methyl sites for hydroxylation is 3. The highest BCUT2D eigenvalue weighted by Crippen LogP contribution is 2.51. The highest BCUT2D eigenvalue weighted by Gasteiger charge is 2.50. The zero-order valence-corrected chi connectivity index (χ0v) is 62.1. The number of rotatable bonds is 13. The van der Waals surface area contributed by atoms with E-state index in [0.717, 1.165) is 138 Å². The molecular formula is C86H84Cl3F4N9O4. The number of fused-ring (bicyclic) bond motifs is 6. The largest absolute Gasteiger partial charge is 0.497 e. The van der Waals surface area contributed by atoms with E-state index >= 15 is 0 Å². The Morgan fingerprint density at radius 1 is 0.453 bits per heavy atom. The summed E-state index contributed by atoms with van der Waals surface area (Å²) in [5.41, 5.74) is 13.6. The van der Waals surface area contributed by atoms with E-state index in [-0.39, 0.29) is 39.8 Å². The Hall–Kier alpha value is -9.33. The van der Waals surface area contributed by atoms with E-state index in [1.54, 1.807) is 74.2 Å². The first kappa shape index (κ1) is 74.9. The summed E-state index contributed by atoms with van der Waals surface area (Å²) in [5.74, 6) is 0.470. The van der Waals surface area contributed by atoms with Crippen molar-refractivity contribution >= 4 is 87.8 Å². The van der Waals surface area contributed by atoms with Gasteiger partial charge in [-0.05, 0) is 211 Å². The number of nitrogens with zero attached hydrogens (tertiary/aromatic N) is 9. The summed E-state index contributed by atoms with van der Waals surface area (Å²) >= 11 is 18.2. The predicted octanol–water partition coefficient (Wildman–Crippen LogP) is 18.4. The number of carbonyl (C=O) groups is 3. The van der Waals surface area contributed by atoms with Crippen LogP contribution in [0.15, 0.2) is 201 Å². The van der Waals surface area contributed by atoms with Crippen LogP contribution < -0.4 is 19.4 Å². The van der Waals surface area contributed by atoms with Gasteiger partial charge in [-0.15, -0.1) is 0 Å². The van der Waals surface area contributed by atoms with Crippen molar-refractivity contribution in [2.45, 2.75) is 81.7 Å². The fourth-order valence-corrected chi connectivity index (χ4v) is 16.3. The molecule has 3 spiro atoms. The molecule has 0 unspecified atom stereocenters. The second kappa shape index (κ2) is 32.4. The molecule has 6 aliphatic heterocycles. The van der Waals surface area contributed by atoms with Crippen molar-refractivity contribution in [2.24, 2.45) is 0 Å². The van der Waals surface area contributed by atoms with Crippen LogP contribution in [0.3, 0.4) is 0 Å². The van der Waals surface area contributed by atoms with Gasteiger partial charge in [-0.2, -0.15) is 13.2 Å². The van der Waals surface area contributed by atoms with Gasteiger partial charge in [0, 0.05) is 113 Å². The van der Waals surface area contributed by atoms with E-state index in [9.17, 15) is 31.9 Å². The highest BCUT2D eigenvalue weighted by molar-refractivity contribution is 6.30. The van der Waals surface area contributed by atoms with Crippen LogP contribution in [-0.2, 0) is 22.4 Å². The number of pyridine rings is 3. The van der Waals surface area contributed by atoms with Crippen LogP contribution in [0.25, 0.3) is 18.2 Å². The van der Waals surface area contributed by atoms with Gasteiger partial charge in [0.15, 0.2) is 0 Å². The normalized spacial score (nSPS) is 17.4. The smallest absolute Gasteiger partial charge is 0.416 e. The molecule has 0 N–H and O–H groups in total. The molecule has 9 aromatic rings. The van der Waals surface area contributed by atoms with Crippen molar-refractivity contribution in [3.05, 3.63) is 294 Å². The third-order valence-corrected chi connectivity index (χ3v) is 22.4. The number of piperidine rings is 3. The Morgan fingerprint density at radius 3 is 1.19 bits per heavy atom. The average molecular weight is 1490 g/mol. The monoisotopic (exact) mass is 1490 g/mol. The summed E-state index contributed by atoms with van der Waals surface area (Å²) in [5, 5.41) is 0.939. The van der Waals surface area contributed by atoms with Gasteiger partial charge < -0.3 is 19.4 Å². The minimum Gasteiger partial charge on any atom is -0.497 e. The number of ether oxygens (including phenoxy) is 1. The fourth-order valence-electron chi connectivity index (χ4n) is 15.8. The Kier molecular flexibility index (Phi) is 22.9. The van der Waals surface area contributed by atoms with Crippen LogP contribution in [0.4, 0.5) is 34.6 Å². The molecule has 3 saturated heterocycles. The molecular weight excluding hydrogens is 1410 g/mol. The van der Waals surface area contributed by atoms with Crippen LogP contribution in [0.1, 0.15) is 125 Å². The molecule has 9 heterocycles. The Bertz CT molecular complexity index is 4780. The standard InChI is InChI=1S/C29H27ClF3N3O.C29H30ClN3O2.C28H27ClFN3O/c1-20-4-9-25-24(17-20)28(19-36(25)27(37)22-10-13-34-26(30)18-22)11-15-35(16-12-28)14-2-3-21-5-7-23(8-6-21)29(31,32)33;1-21-5-7-22(8-6-21)4-3-15-32-16-12-29(13-17-32)20-33(26-10-9-24(35-2)19-25(26)29)28(34)23-11-14-31-27(30)18-23;1-20-8-9-25-23(17-20)28(19-33(25)27(34)22-10-13-31-26(29)18-22)11-15-32(16-12-28)14-4-6-21-5-2-3-7-24(21)30/h2-10,13,17-18H,11-12,14-16,19H2,1H3;3-11,14,18-19H,12-13,15-17,20H2,1-2H3;2-10,13,17-18H,11-12,14-16,19H2,1H3/b3-2+;4-3+;6-4+. The third-order valence-electron chi connectivity index (χ3n) is 21.8. The lowest BCUT2D eigenvalue weighted by Gasteiger charge is -2.39. The molecule has 3 fully saturated rings. The molecule has 0 saturated carbocycles. The second-order valence-electron chi connectivity index (χ2n) is 28.7. The van der Waals surface area contributed by atoms with Crippen LogP contribution in [-0.4, -0.2) is 133 Å². The van der Waals surface area contributed by atoms with Gasteiger partial charge in [0.05, 0.1) is 12.7 Å². The lowest BCUT2D eigenvalue weighted by Crippen LogP contribution is -2.46. The van der Waals surface area contributed by atoms with E-state index in [1.807, 2.05) is 69.3 Å². The van der Waals surface area contributed by atoms with E-state index in [0.29, 0.717) is 57.3 Å². The summed E-state index contributed by atoms with van der Waals surface area (Å²) < 4.78 is 57.7. The van der Waals surface area contributed by atoms with E-state index in [4.69, 9.17) is 39.5 Å². The molecule has 20 heteroatoms. The number of carbonyl (C=O) groups excluding carboxylic acids is 3. The molecule has 0 radical (unpaired) electrons.